The Labute approximate surface area is 204 Å². The summed E-state index contributed by atoms with van der Waals surface area (Å²) in [5, 5.41) is 12.9. The minimum Gasteiger partial charge on any atom is -0.483 e. The van der Waals surface area contributed by atoms with E-state index in [0.29, 0.717) is 25.1 Å². The quantitative estimate of drug-likeness (QED) is 0.363. The summed E-state index contributed by atoms with van der Waals surface area (Å²) >= 11 is 0. The van der Waals surface area contributed by atoms with Crippen molar-refractivity contribution in [3.63, 3.8) is 0 Å². The van der Waals surface area contributed by atoms with Crippen molar-refractivity contribution in [2.75, 3.05) is 5.32 Å². The van der Waals surface area contributed by atoms with Gasteiger partial charge in [0.25, 0.3) is 0 Å². The van der Waals surface area contributed by atoms with Crippen LogP contribution in [0.5, 0.6) is 5.75 Å². The molecule has 3 aromatic carbocycles. The fraction of sp³-hybridized carbons (Fsp3) is 0.207. The fourth-order valence-corrected chi connectivity index (χ4v) is 4.62. The maximum atomic E-state index is 12.7. The van der Waals surface area contributed by atoms with Crippen LogP contribution >= 0.6 is 0 Å². The number of rotatable bonds is 8. The molecule has 1 aliphatic carbocycles. The van der Waals surface area contributed by atoms with Crippen molar-refractivity contribution in [3.05, 3.63) is 113 Å². The summed E-state index contributed by atoms with van der Waals surface area (Å²) in [5.74, 6) is 0.920. The molecule has 0 aliphatic heterocycles. The summed E-state index contributed by atoms with van der Waals surface area (Å²) in [6, 6.07) is 23.6. The molecule has 6 nitrogen and oxygen atoms in total. The SMILES string of the molecule is N#Cc1ccccc1NCc1c(OC(Cn2ccnc2)c2ccccc2)ccc2c1CCCC2=O. The molecule has 0 fully saturated rings. The van der Waals surface area contributed by atoms with Gasteiger partial charge in [0.1, 0.15) is 17.9 Å². The number of ether oxygens (including phenoxy) is 1. The normalized spacial score (nSPS) is 13.5. The van der Waals surface area contributed by atoms with E-state index in [1.807, 2.05) is 59.3 Å². The second-order valence-electron chi connectivity index (χ2n) is 8.63. The molecule has 0 amide bonds. The van der Waals surface area contributed by atoms with E-state index >= 15 is 0 Å². The van der Waals surface area contributed by atoms with Crippen molar-refractivity contribution in [1.82, 2.24) is 9.55 Å². The second kappa shape index (κ2) is 10.3. The first-order chi connectivity index (χ1) is 17.2. The molecule has 0 bridgehead atoms. The standard InChI is InChI=1S/C29H26N4O2/c30-17-22-9-4-5-11-26(22)32-18-25-23-10-6-12-27(34)24(23)13-14-28(25)35-29(19-33-16-15-31-20-33)21-7-2-1-3-8-21/h1-5,7-9,11,13-16,20,29,32H,6,10,12,18-19H2. The highest BCUT2D eigenvalue weighted by molar-refractivity contribution is 5.99. The van der Waals surface area contributed by atoms with Crippen molar-refractivity contribution in [1.29, 1.82) is 5.26 Å². The minimum atomic E-state index is -0.243. The Morgan fingerprint density at radius 2 is 1.89 bits per heavy atom. The van der Waals surface area contributed by atoms with Gasteiger partial charge in [0, 0.05) is 36.5 Å². The molecule has 1 N–H and O–H groups in total. The molecule has 0 saturated carbocycles. The van der Waals surface area contributed by atoms with Crippen molar-refractivity contribution in [2.24, 2.45) is 0 Å². The third-order valence-corrected chi connectivity index (χ3v) is 6.40. The predicted molar refractivity (Wildman–Crippen MR) is 134 cm³/mol. The van der Waals surface area contributed by atoms with Crippen LogP contribution in [0.3, 0.4) is 0 Å². The monoisotopic (exact) mass is 462 g/mol. The van der Waals surface area contributed by atoms with Gasteiger partial charge in [-0.05, 0) is 48.2 Å². The number of imidazole rings is 1. The Morgan fingerprint density at radius 3 is 2.69 bits per heavy atom. The maximum absolute atomic E-state index is 12.7. The van der Waals surface area contributed by atoms with E-state index in [0.717, 1.165) is 46.5 Å². The van der Waals surface area contributed by atoms with E-state index in [9.17, 15) is 10.1 Å². The van der Waals surface area contributed by atoms with Crippen LogP contribution in [-0.2, 0) is 19.5 Å². The van der Waals surface area contributed by atoms with Crippen LogP contribution in [0.15, 0.2) is 85.5 Å². The van der Waals surface area contributed by atoms with Crippen LogP contribution in [0.4, 0.5) is 5.69 Å². The number of nitrogens with one attached hydrogen (secondary N) is 1. The molecule has 174 valence electrons. The summed E-state index contributed by atoms with van der Waals surface area (Å²) in [5.41, 5.74) is 5.19. The van der Waals surface area contributed by atoms with Gasteiger partial charge in [0.05, 0.1) is 24.1 Å². The Morgan fingerprint density at radius 1 is 1.06 bits per heavy atom. The molecule has 1 unspecified atom stereocenters. The molecule has 0 radical (unpaired) electrons. The molecular formula is C29H26N4O2. The minimum absolute atomic E-state index is 0.175. The van der Waals surface area contributed by atoms with E-state index in [1.165, 1.54) is 0 Å². The Bertz CT molecular complexity index is 1360. The topological polar surface area (TPSA) is 79.9 Å². The number of carbonyl (C=O) groups excluding carboxylic acids is 1. The lowest BCUT2D eigenvalue weighted by molar-refractivity contribution is 0.0972. The van der Waals surface area contributed by atoms with E-state index in [1.54, 1.807) is 18.6 Å². The van der Waals surface area contributed by atoms with Gasteiger partial charge in [-0.3, -0.25) is 4.79 Å². The summed E-state index contributed by atoms with van der Waals surface area (Å²) in [6.07, 6.45) is 7.45. The molecule has 6 heteroatoms. The summed E-state index contributed by atoms with van der Waals surface area (Å²) in [4.78, 5) is 16.8. The highest BCUT2D eigenvalue weighted by atomic mass is 16.5. The first-order valence-electron chi connectivity index (χ1n) is 11.8. The van der Waals surface area contributed by atoms with Gasteiger partial charge in [-0.2, -0.15) is 5.26 Å². The zero-order valence-corrected chi connectivity index (χ0v) is 19.4. The number of hydrogen-bond donors (Lipinski definition) is 1. The van der Waals surface area contributed by atoms with Crippen molar-refractivity contribution < 1.29 is 9.53 Å². The first kappa shape index (κ1) is 22.4. The molecule has 1 aliphatic rings. The zero-order chi connectivity index (χ0) is 24.0. The molecule has 0 saturated heterocycles. The number of nitriles is 1. The summed E-state index contributed by atoms with van der Waals surface area (Å²) in [7, 11) is 0. The largest absolute Gasteiger partial charge is 0.483 e. The fourth-order valence-electron chi connectivity index (χ4n) is 4.62. The lowest BCUT2D eigenvalue weighted by Gasteiger charge is -2.26. The predicted octanol–water partition coefficient (Wildman–Crippen LogP) is 5.71. The Kier molecular flexibility index (Phi) is 6.58. The van der Waals surface area contributed by atoms with Crippen LogP contribution in [0.2, 0.25) is 0 Å². The van der Waals surface area contributed by atoms with E-state index in [-0.39, 0.29) is 11.9 Å². The number of benzene rings is 3. The maximum Gasteiger partial charge on any atom is 0.163 e. The lowest BCUT2D eigenvalue weighted by Crippen LogP contribution is -2.19. The van der Waals surface area contributed by atoms with E-state index < -0.39 is 0 Å². The Hall–Kier alpha value is -4.37. The van der Waals surface area contributed by atoms with E-state index in [2.05, 4.69) is 28.5 Å². The Balaban J connectivity index is 1.52. The van der Waals surface area contributed by atoms with Crippen LogP contribution in [0.25, 0.3) is 0 Å². The molecule has 35 heavy (non-hydrogen) atoms. The summed E-state index contributed by atoms with van der Waals surface area (Å²) in [6.45, 7) is 1.06. The molecule has 5 rings (SSSR count). The first-order valence-corrected chi connectivity index (χ1v) is 11.8. The molecule has 0 spiro atoms. The molecule has 1 atom stereocenters. The number of fused-ring (bicyclic) bond motifs is 1. The van der Waals surface area contributed by atoms with Gasteiger partial charge in [-0.1, -0.05) is 42.5 Å². The third-order valence-electron chi connectivity index (χ3n) is 6.40. The number of para-hydroxylation sites is 1. The molecule has 1 heterocycles. The third kappa shape index (κ3) is 4.95. The van der Waals surface area contributed by atoms with Crippen LogP contribution in [0, 0.1) is 11.3 Å². The van der Waals surface area contributed by atoms with Gasteiger partial charge >= 0.3 is 0 Å². The van der Waals surface area contributed by atoms with Crippen molar-refractivity contribution >= 4 is 11.5 Å². The van der Waals surface area contributed by atoms with Crippen molar-refractivity contribution in [3.8, 4) is 11.8 Å². The van der Waals surface area contributed by atoms with Crippen LogP contribution in [-0.4, -0.2) is 15.3 Å². The van der Waals surface area contributed by atoms with Gasteiger partial charge in [0.15, 0.2) is 5.78 Å². The molecular weight excluding hydrogens is 436 g/mol. The molecule has 1 aromatic heterocycles. The number of Topliss-reactive ketones (excluding diaryl/α,β-unsaturated/α-hetero) is 1. The van der Waals surface area contributed by atoms with Crippen LogP contribution < -0.4 is 10.1 Å². The molecule has 4 aromatic rings. The number of carbonyl (C=O) groups is 1. The smallest absolute Gasteiger partial charge is 0.163 e. The zero-order valence-electron chi connectivity index (χ0n) is 19.4. The summed E-state index contributed by atoms with van der Waals surface area (Å²) < 4.78 is 8.69. The number of anilines is 1. The van der Waals surface area contributed by atoms with Gasteiger partial charge < -0.3 is 14.6 Å². The van der Waals surface area contributed by atoms with Gasteiger partial charge in [-0.15, -0.1) is 0 Å². The number of hydrogen-bond acceptors (Lipinski definition) is 5. The lowest BCUT2D eigenvalue weighted by atomic mass is 9.86. The second-order valence-corrected chi connectivity index (χ2v) is 8.63. The van der Waals surface area contributed by atoms with Crippen molar-refractivity contribution in [2.45, 2.75) is 38.5 Å². The van der Waals surface area contributed by atoms with Crippen LogP contribution in [0.1, 0.15) is 51.6 Å². The average Bonchev–Trinajstić information content (AvgIpc) is 3.41. The van der Waals surface area contributed by atoms with E-state index in [4.69, 9.17) is 4.74 Å². The number of ketones is 1. The number of aromatic nitrogens is 2. The van der Waals surface area contributed by atoms with Gasteiger partial charge in [-0.25, -0.2) is 4.98 Å². The van der Waals surface area contributed by atoms with Gasteiger partial charge in [0.2, 0.25) is 0 Å². The highest BCUT2D eigenvalue weighted by Gasteiger charge is 2.24. The highest BCUT2D eigenvalue weighted by Crippen LogP contribution is 2.35. The number of nitrogens with zero attached hydrogens (tertiary/aromatic N) is 3. The average molecular weight is 463 g/mol.